The number of allylic oxidation sites excluding steroid dienone is 1. The van der Waals surface area contributed by atoms with Crippen molar-refractivity contribution in [3.8, 4) is 0 Å². The van der Waals surface area contributed by atoms with E-state index in [1.54, 1.807) is 42.9 Å². The highest BCUT2D eigenvalue weighted by Crippen LogP contribution is 2.45. The number of fused-ring (bicyclic) bond motifs is 1. The smallest absolute Gasteiger partial charge is 0.264 e. The van der Waals surface area contributed by atoms with Crippen LogP contribution in [0.25, 0.3) is 0 Å². The lowest BCUT2D eigenvalue weighted by Gasteiger charge is -2.27. The third-order valence-corrected chi connectivity index (χ3v) is 6.95. The van der Waals surface area contributed by atoms with Crippen molar-refractivity contribution in [2.24, 2.45) is 5.92 Å². The van der Waals surface area contributed by atoms with E-state index in [0.29, 0.717) is 35.6 Å². The van der Waals surface area contributed by atoms with Gasteiger partial charge in [-0.2, -0.15) is 0 Å². The van der Waals surface area contributed by atoms with Gasteiger partial charge in [-0.15, -0.1) is 5.10 Å². The standard InChI is InChI=1S/C28H33N5O5/c1-18(9-7-8-14-33-16-24(30-31-33)22(17-34)20-10-5-4-6-11-20)28(38)23-15-21(29-26(36)19(2)35)12-13-25(23)32(3)27(28)37/h4-7,9-13,15-16,18-19,22,34-35,38H,8,14,17H2,1-3H3,(H,29,36)/b9-7+/t18-,19-,22?,28+/m0/s1. The van der Waals surface area contributed by atoms with Crippen LogP contribution in [-0.4, -0.2) is 61.9 Å². The Morgan fingerprint density at radius 2 is 1.92 bits per heavy atom. The van der Waals surface area contributed by atoms with Gasteiger partial charge in [0, 0.05) is 37.0 Å². The molecule has 2 aromatic carbocycles. The number of nitrogens with one attached hydrogen (secondary N) is 1. The average Bonchev–Trinajstić information content (AvgIpc) is 3.45. The van der Waals surface area contributed by atoms with Gasteiger partial charge in [0.15, 0.2) is 5.60 Å². The molecule has 0 aliphatic carbocycles. The molecule has 4 atom stereocenters. The molecule has 4 N–H and O–H groups in total. The highest BCUT2D eigenvalue weighted by atomic mass is 16.3. The molecule has 10 nitrogen and oxygen atoms in total. The van der Waals surface area contributed by atoms with Crippen LogP contribution in [0, 0.1) is 5.92 Å². The molecule has 0 saturated carbocycles. The van der Waals surface area contributed by atoms with Crippen molar-refractivity contribution in [2.45, 2.75) is 44.4 Å². The van der Waals surface area contributed by atoms with Gasteiger partial charge in [-0.1, -0.05) is 54.6 Å². The van der Waals surface area contributed by atoms with E-state index in [1.807, 2.05) is 42.6 Å². The number of aromatic nitrogens is 3. The van der Waals surface area contributed by atoms with Crippen LogP contribution in [0.2, 0.25) is 0 Å². The number of rotatable bonds is 10. The van der Waals surface area contributed by atoms with E-state index in [2.05, 4.69) is 15.6 Å². The molecule has 1 aliphatic rings. The fraction of sp³-hybridized carbons (Fsp3) is 0.357. The van der Waals surface area contributed by atoms with E-state index < -0.39 is 29.4 Å². The number of anilines is 2. The maximum atomic E-state index is 13.1. The zero-order valence-corrected chi connectivity index (χ0v) is 21.7. The predicted octanol–water partition coefficient (Wildman–Crippen LogP) is 2.17. The molecule has 0 fully saturated rings. The fourth-order valence-corrected chi connectivity index (χ4v) is 4.66. The summed E-state index contributed by atoms with van der Waals surface area (Å²) in [5, 5.41) is 41.9. The molecular formula is C28H33N5O5. The van der Waals surface area contributed by atoms with Crippen LogP contribution in [-0.2, 0) is 21.7 Å². The van der Waals surface area contributed by atoms with Gasteiger partial charge >= 0.3 is 0 Å². The van der Waals surface area contributed by atoms with Crippen molar-refractivity contribution in [1.29, 1.82) is 0 Å². The first-order valence-corrected chi connectivity index (χ1v) is 12.5. The van der Waals surface area contributed by atoms with Crippen LogP contribution in [0.15, 0.2) is 66.9 Å². The van der Waals surface area contributed by atoms with Gasteiger partial charge in [0.25, 0.3) is 11.8 Å². The summed E-state index contributed by atoms with van der Waals surface area (Å²) in [7, 11) is 1.60. The SMILES string of the molecule is C[C@H](O)C(=O)Nc1ccc2c(c1)[C@](O)([C@@H](C)/C=C/CCn1cc(C(CO)c3ccccc3)nn1)C(=O)N2C. The number of hydrogen-bond acceptors (Lipinski definition) is 7. The highest BCUT2D eigenvalue weighted by molar-refractivity contribution is 6.07. The van der Waals surface area contributed by atoms with Gasteiger partial charge in [0.05, 0.1) is 23.9 Å². The molecule has 3 aromatic rings. The number of likely N-dealkylation sites (N-methyl/N-ethyl adjacent to an activating group) is 1. The van der Waals surface area contributed by atoms with Gasteiger partial charge in [0.1, 0.15) is 6.10 Å². The third-order valence-electron chi connectivity index (χ3n) is 6.95. The maximum absolute atomic E-state index is 13.1. The van der Waals surface area contributed by atoms with E-state index in [9.17, 15) is 24.9 Å². The summed E-state index contributed by atoms with van der Waals surface area (Å²) in [6.07, 6.45) is 4.88. The first-order chi connectivity index (χ1) is 18.2. The minimum absolute atomic E-state index is 0.0763. The number of aliphatic hydroxyl groups excluding tert-OH is 2. The fourth-order valence-electron chi connectivity index (χ4n) is 4.66. The zero-order chi connectivity index (χ0) is 27.4. The normalized spacial score (nSPS) is 19.4. The molecule has 0 bridgehead atoms. The van der Waals surface area contributed by atoms with E-state index in [0.717, 1.165) is 5.56 Å². The van der Waals surface area contributed by atoms with E-state index >= 15 is 0 Å². The molecule has 0 radical (unpaired) electrons. The minimum atomic E-state index is -1.81. The quantitative estimate of drug-likeness (QED) is 0.301. The Balaban J connectivity index is 1.44. The Hall–Kier alpha value is -3.86. The molecule has 1 unspecified atom stereocenters. The first-order valence-electron chi connectivity index (χ1n) is 12.5. The summed E-state index contributed by atoms with van der Waals surface area (Å²) in [6.45, 7) is 3.57. The lowest BCUT2D eigenvalue weighted by atomic mass is 9.82. The number of aryl methyl sites for hydroxylation is 1. The second-order valence-electron chi connectivity index (χ2n) is 9.59. The molecule has 0 spiro atoms. The van der Waals surface area contributed by atoms with Gasteiger partial charge < -0.3 is 25.5 Å². The molecule has 10 heteroatoms. The van der Waals surface area contributed by atoms with Crippen LogP contribution in [0.3, 0.4) is 0 Å². The van der Waals surface area contributed by atoms with Crippen molar-refractivity contribution in [3.63, 3.8) is 0 Å². The van der Waals surface area contributed by atoms with Gasteiger partial charge in [-0.05, 0) is 37.1 Å². The molecule has 2 heterocycles. The van der Waals surface area contributed by atoms with E-state index in [1.165, 1.54) is 11.8 Å². The largest absolute Gasteiger partial charge is 0.395 e. The molecule has 200 valence electrons. The maximum Gasteiger partial charge on any atom is 0.264 e. The molecule has 1 aliphatic heterocycles. The van der Waals surface area contributed by atoms with Gasteiger partial charge in [0.2, 0.25) is 0 Å². The summed E-state index contributed by atoms with van der Waals surface area (Å²) in [5.74, 6) is -1.86. The minimum Gasteiger partial charge on any atom is -0.395 e. The van der Waals surface area contributed by atoms with Crippen LogP contribution in [0.4, 0.5) is 11.4 Å². The summed E-state index contributed by atoms with van der Waals surface area (Å²) in [5.41, 5.74) is 1.16. The topological polar surface area (TPSA) is 141 Å². The lowest BCUT2D eigenvalue weighted by molar-refractivity contribution is -0.139. The monoisotopic (exact) mass is 519 g/mol. The molecule has 4 rings (SSSR count). The number of aliphatic hydroxyl groups is 3. The number of benzene rings is 2. The van der Waals surface area contributed by atoms with Crippen LogP contribution < -0.4 is 10.2 Å². The first kappa shape index (κ1) is 27.2. The molecular weight excluding hydrogens is 486 g/mol. The second-order valence-corrected chi connectivity index (χ2v) is 9.59. The van der Waals surface area contributed by atoms with Crippen molar-refractivity contribution in [2.75, 3.05) is 23.9 Å². The number of amides is 2. The Labute approximate surface area is 221 Å². The second kappa shape index (κ2) is 11.3. The summed E-state index contributed by atoms with van der Waals surface area (Å²) in [4.78, 5) is 26.4. The molecule has 1 aromatic heterocycles. The summed E-state index contributed by atoms with van der Waals surface area (Å²) >= 11 is 0. The number of carbonyl (C=O) groups is 2. The Morgan fingerprint density at radius 1 is 1.18 bits per heavy atom. The van der Waals surface area contributed by atoms with Crippen LogP contribution in [0.5, 0.6) is 0 Å². The average molecular weight is 520 g/mol. The number of nitrogens with zero attached hydrogens (tertiary/aromatic N) is 4. The van der Waals surface area contributed by atoms with Crippen molar-refractivity contribution in [3.05, 3.63) is 83.7 Å². The van der Waals surface area contributed by atoms with Crippen LogP contribution >= 0.6 is 0 Å². The number of carbonyl (C=O) groups excluding carboxylic acids is 2. The summed E-state index contributed by atoms with van der Waals surface area (Å²) in [6, 6.07) is 14.5. The van der Waals surface area contributed by atoms with E-state index in [-0.39, 0.29) is 12.5 Å². The van der Waals surface area contributed by atoms with Crippen LogP contribution in [0.1, 0.15) is 43.0 Å². The molecule has 2 amide bonds. The molecule has 0 saturated heterocycles. The Bertz CT molecular complexity index is 1320. The zero-order valence-electron chi connectivity index (χ0n) is 21.7. The van der Waals surface area contributed by atoms with Crippen molar-refractivity contribution in [1.82, 2.24) is 15.0 Å². The van der Waals surface area contributed by atoms with E-state index in [4.69, 9.17) is 0 Å². The number of hydrogen-bond donors (Lipinski definition) is 4. The third kappa shape index (κ3) is 5.24. The predicted molar refractivity (Wildman–Crippen MR) is 142 cm³/mol. The highest BCUT2D eigenvalue weighted by Gasteiger charge is 2.51. The van der Waals surface area contributed by atoms with Crippen molar-refractivity contribution >= 4 is 23.2 Å². The molecule has 38 heavy (non-hydrogen) atoms. The lowest BCUT2D eigenvalue weighted by Crippen LogP contribution is -2.43. The van der Waals surface area contributed by atoms with Gasteiger partial charge in [-0.25, -0.2) is 0 Å². The van der Waals surface area contributed by atoms with Gasteiger partial charge in [-0.3, -0.25) is 14.3 Å². The Morgan fingerprint density at radius 3 is 2.61 bits per heavy atom. The Kier molecular flexibility index (Phi) is 8.05. The summed E-state index contributed by atoms with van der Waals surface area (Å²) < 4.78 is 1.70. The van der Waals surface area contributed by atoms with Crippen molar-refractivity contribution < 1.29 is 24.9 Å².